The van der Waals surface area contributed by atoms with Crippen molar-refractivity contribution in [2.45, 2.75) is 39.3 Å². The predicted molar refractivity (Wildman–Crippen MR) is 88.9 cm³/mol. The fraction of sp³-hybridized carbons (Fsp3) is 0.533. The van der Waals surface area contributed by atoms with E-state index >= 15 is 0 Å². The van der Waals surface area contributed by atoms with Crippen LogP contribution in [0.5, 0.6) is 0 Å². The molecule has 0 bridgehead atoms. The van der Waals surface area contributed by atoms with Gasteiger partial charge in [-0.05, 0) is 48.3 Å². The Balaban J connectivity index is 2.49. The van der Waals surface area contributed by atoms with Crippen molar-refractivity contribution >= 4 is 33.7 Å². The van der Waals surface area contributed by atoms with E-state index in [2.05, 4.69) is 26.6 Å². The summed E-state index contributed by atoms with van der Waals surface area (Å²) in [4.78, 5) is 37.1. The second-order valence-electron chi connectivity index (χ2n) is 5.37. The maximum absolute atomic E-state index is 12.0. The van der Waals surface area contributed by atoms with Crippen LogP contribution in [0.4, 0.5) is 0 Å². The first kappa shape index (κ1) is 19.2. The third-order valence-electron chi connectivity index (χ3n) is 3.28. The highest BCUT2D eigenvalue weighted by Gasteiger charge is 2.21. The lowest BCUT2D eigenvalue weighted by Gasteiger charge is -2.19. The lowest BCUT2D eigenvalue weighted by atomic mass is 10.2. The Kier molecular flexibility index (Phi) is 7.28. The van der Waals surface area contributed by atoms with Crippen molar-refractivity contribution in [3.63, 3.8) is 0 Å². The Bertz CT molecular complexity index is 573. The molecule has 1 aromatic rings. The second kappa shape index (κ2) is 8.71. The SMILES string of the molecule is CCC(C)NC(=O)C(C)NC(=O)CN(C)C(=O)c1ccc(Br)o1. The van der Waals surface area contributed by atoms with Gasteiger partial charge in [0.05, 0.1) is 6.54 Å². The minimum absolute atomic E-state index is 0.0449. The molecule has 2 N–H and O–H groups in total. The molecule has 0 aliphatic rings. The molecule has 8 heteroatoms. The minimum Gasteiger partial charge on any atom is -0.444 e. The first-order valence-corrected chi connectivity index (χ1v) is 8.14. The molecule has 0 aliphatic carbocycles. The number of hydrogen-bond donors (Lipinski definition) is 2. The molecule has 1 heterocycles. The first-order valence-electron chi connectivity index (χ1n) is 7.35. The normalized spacial score (nSPS) is 13.1. The molecule has 0 radical (unpaired) electrons. The van der Waals surface area contributed by atoms with Crippen LogP contribution in [-0.2, 0) is 9.59 Å². The summed E-state index contributed by atoms with van der Waals surface area (Å²) < 4.78 is 5.59. The van der Waals surface area contributed by atoms with Gasteiger partial charge < -0.3 is 20.0 Å². The van der Waals surface area contributed by atoms with Gasteiger partial charge in [-0.3, -0.25) is 14.4 Å². The smallest absolute Gasteiger partial charge is 0.289 e. The summed E-state index contributed by atoms with van der Waals surface area (Å²) in [6.07, 6.45) is 0.808. The van der Waals surface area contributed by atoms with Crippen LogP contribution >= 0.6 is 15.9 Å². The van der Waals surface area contributed by atoms with Gasteiger partial charge in [0.25, 0.3) is 5.91 Å². The molecule has 0 spiro atoms. The maximum atomic E-state index is 12.0. The Morgan fingerprint density at radius 2 is 1.91 bits per heavy atom. The van der Waals surface area contributed by atoms with E-state index in [-0.39, 0.29) is 24.3 Å². The van der Waals surface area contributed by atoms with Crippen LogP contribution in [-0.4, -0.2) is 48.3 Å². The van der Waals surface area contributed by atoms with E-state index in [4.69, 9.17) is 4.42 Å². The summed E-state index contributed by atoms with van der Waals surface area (Å²) in [6.45, 7) is 5.28. The topological polar surface area (TPSA) is 91.7 Å². The van der Waals surface area contributed by atoms with E-state index in [0.717, 1.165) is 6.42 Å². The monoisotopic (exact) mass is 387 g/mol. The molecule has 3 amide bonds. The van der Waals surface area contributed by atoms with Crippen LogP contribution in [0.2, 0.25) is 0 Å². The van der Waals surface area contributed by atoms with Gasteiger partial charge in [-0.2, -0.15) is 0 Å². The van der Waals surface area contributed by atoms with Crippen molar-refractivity contribution in [3.8, 4) is 0 Å². The Morgan fingerprint density at radius 1 is 1.26 bits per heavy atom. The molecule has 2 atom stereocenters. The van der Waals surface area contributed by atoms with Gasteiger partial charge in [0, 0.05) is 13.1 Å². The quantitative estimate of drug-likeness (QED) is 0.741. The third kappa shape index (κ3) is 6.05. The summed E-state index contributed by atoms with van der Waals surface area (Å²) in [5.41, 5.74) is 0. The minimum atomic E-state index is -0.669. The van der Waals surface area contributed by atoms with E-state index in [1.165, 1.54) is 18.0 Å². The lowest BCUT2D eigenvalue weighted by Crippen LogP contribution is -2.49. The zero-order chi connectivity index (χ0) is 17.6. The molecule has 23 heavy (non-hydrogen) atoms. The fourth-order valence-electron chi connectivity index (χ4n) is 1.73. The first-order chi connectivity index (χ1) is 10.7. The zero-order valence-corrected chi connectivity index (χ0v) is 15.3. The summed E-state index contributed by atoms with van der Waals surface area (Å²) in [7, 11) is 1.49. The van der Waals surface area contributed by atoms with Crippen molar-refractivity contribution in [1.29, 1.82) is 0 Å². The number of carbonyl (C=O) groups excluding carboxylic acids is 3. The molecule has 2 unspecified atom stereocenters. The molecule has 0 fully saturated rings. The van der Waals surface area contributed by atoms with E-state index < -0.39 is 17.9 Å². The predicted octanol–water partition coefficient (Wildman–Crippen LogP) is 1.53. The number of nitrogens with zero attached hydrogens (tertiary/aromatic N) is 1. The standard InChI is InChI=1S/C15H22BrN3O4/c1-5-9(2)17-14(21)10(3)18-13(20)8-19(4)15(22)11-6-7-12(16)23-11/h6-7,9-10H,5,8H2,1-4H3,(H,17,21)(H,18,20). The van der Waals surface area contributed by atoms with Crippen LogP contribution in [0, 0.1) is 0 Å². The lowest BCUT2D eigenvalue weighted by molar-refractivity contribution is -0.129. The number of amides is 3. The maximum Gasteiger partial charge on any atom is 0.289 e. The summed E-state index contributed by atoms with van der Waals surface area (Å²) in [6, 6.07) is 2.49. The number of carbonyl (C=O) groups is 3. The Morgan fingerprint density at radius 3 is 2.43 bits per heavy atom. The van der Waals surface area contributed by atoms with Gasteiger partial charge >= 0.3 is 0 Å². The largest absolute Gasteiger partial charge is 0.444 e. The van der Waals surface area contributed by atoms with Crippen LogP contribution in [0.3, 0.4) is 0 Å². The Labute approximate surface area is 143 Å². The number of likely N-dealkylation sites (N-methyl/N-ethyl adjacent to an activating group) is 1. The molecule has 0 saturated heterocycles. The van der Waals surface area contributed by atoms with E-state index in [0.29, 0.717) is 4.67 Å². The molecule has 1 rings (SSSR count). The number of halogens is 1. The number of furan rings is 1. The summed E-state index contributed by atoms with van der Waals surface area (Å²) in [5, 5.41) is 5.35. The highest BCUT2D eigenvalue weighted by Crippen LogP contribution is 2.15. The van der Waals surface area contributed by atoms with Crippen molar-refractivity contribution < 1.29 is 18.8 Å². The third-order valence-corrected chi connectivity index (χ3v) is 3.71. The van der Waals surface area contributed by atoms with Crippen LogP contribution in [0.25, 0.3) is 0 Å². The molecule has 0 aliphatic heterocycles. The van der Waals surface area contributed by atoms with Crippen molar-refractivity contribution in [1.82, 2.24) is 15.5 Å². The zero-order valence-electron chi connectivity index (χ0n) is 13.7. The van der Waals surface area contributed by atoms with Gasteiger partial charge in [0.2, 0.25) is 11.8 Å². The highest BCUT2D eigenvalue weighted by atomic mass is 79.9. The molecular weight excluding hydrogens is 366 g/mol. The highest BCUT2D eigenvalue weighted by molar-refractivity contribution is 9.10. The van der Waals surface area contributed by atoms with Crippen LogP contribution in [0.15, 0.2) is 21.2 Å². The molecule has 0 saturated carbocycles. The number of rotatable bonds is 7. The fourth-order valence-corrected chi connectivity index (χ4v) is 2.03. The van der Waals surface area contributed by atoms with Crippen molar-refractivity contribution in [2.24, 2.45) is 0 Å². The van der Waals surface area contributed by atoms with Crippen LogP contribution < -0.4 is 10.6 Å². The van der Waals surface area contributed by atoms with E-state index in [9.17, 15) is 14.4 Å². The van der Waals surface area contributed by atoms with Gasteiger partial charge in [-0.1, -0.05) is 6.92 Å². The van der Waals surface area contributed by atoms with Crippen molar-refractivity contribution in [2.75, 3.05) is 13.6 Å². The molecular formula is C15H22BrN3O4. The number of nitrogens with one attached hydrogen (secondary N) is 2. The van der Waals surface area contributed by atoms with E-state index in [1.807, 2.05) is 13.8 Å². The summed E-state index contributed by atoms with van der Waals surface area (Å²) >= 11 is 3.11. The number of hydrogen-bond acceptors (Lipinski definition) is 4. The van der Waals surface area contributed by atoms with E-state index in [1.54, 1.807) is 13.0 Å². The average molecular weight is 388 g/mol. The van der Waals surface area contributed by atoms with Crippen molar-refractivity contribution in [3.05, 3.63) is 22.6 Å². The molecule has 0 aromatic carbocycles. The van der Waals surface area contributed by atoms with Gasteiger partial charge in [-0.15, -0.1) is 0 Å². The molecule has 7 nitrogen and oxygen atoms in total. The second-order valence-corrected chi connectivity index (χ2v) is 6.15. The van der Waals surface area contributed by atoms with Crippen LogP contribution in [0.1, 0.15) is 37.7 Å². The van der Waals surface area contributed by atoms with Gasteiger partial charge in [0.15, 0.2) is 10.4 Å². The molecule has 128 valence electrons. The Hall–Kier alpha value is -1.83. The van der Waals surface area contributed by atoms with Gasteiger partial charge in [-0.25, -0.2) is 0 Å². The van der Waals surface area contributed by atoms with Gasteiger partial charge in [0.1, 0.15) is 6.04 Å². The molecule has 1 aromatic heterocycles. The average Bonchev–Trinajstić information content (AvgIpc) is 2.92. The summed E-state index contributed by atoms with van der Waals surface area (Å²) in [5.74, 6) is -0.952.